The topological polar surface area (TPSA) is 68.5 Å². The highest BCUT2D eigenvalue weighted by atomic mass is 32.2. The van der Waals surface area contributed by atoms with Gasteiger partial charge in [0.1, 0.15) is 0 Å². The van der Waals surface area contributed by atoms with Gasteiger partial charge in [0.25, 0.3) is 5.91 Å². The quantitative estimate of drug-likeness (QED) is 0.721. The van der Waals surface area contributed by atoms with Gasteiger partial charge in [-0.05, 0) is 29.8 Å². The van der Waals surface area contributed by atoms with Gasteiger partial charge in [-0.3, -0.25) is 4.79 Å². The van der Waals surface area contributed by atoms with E-state index in [0.717, 1.165) is 10.2 Å². The molecule has 0 N–H and O–H groups in total. The molecule has 5 nitrogen and oxygen atoms in total. The van der Waals surface area contributed by atoms with Crippen molar-refractivity contribution >= 4 is 37.3 Å². The lowest BCUT2D eigenvalue weighted by atomic mass is 10.1. The van der Waals surface area contributed by atoms with Crippen molar-refractivity contribution in [2.24, 2.45) is 12.0 Å². The van der Waals surface area contributed by atoms with Gasteiger partial charge in [-0.1, -0.05) is 35.6 Å². The standard InChI is InChI=1S/C17H16N2O3S2/c1-19-14-5-3-4-6-15(14)23-17(19)18-16(20)13-9-7-12(8-10-13)11-24(2,21)22/h3-10H,11H2,1-2H3. The fourth-order valence-electron chi connectivity index (χ4n) is 2.39. The Morgan fingerprint density at radius 3 is 2.42 bits per heavy atom. The van der Waals surface area contributed by atoms with Gasteiger partial charge >= 0.3 is 0 Å². The summed E-state index contributed by atoms with van der Waals surface area (Å²) in [6, 6.07) is 14.4. The van der Waals surface area contributed by atoms with Crippen LogP contribution in [0.15, 0.2) is 53.5 Å². The van der Waals surface area contributed by atoms with Crippen molar-refractivity contribution in [3.8, 4) is 0 Å². The molecule has 2 aromatic carbocycles. The van der Waals surface area contributed by atoms with Crippen LogP contribution in [-0.4, -0.2) is 25.1 Å². The number of para-hydroxylation sites is 1. The largest absolute Gasteiger partial charge is 0.319 e. The third kappa shape index (κ3) is 3.63. The number of amides is 1. The molecule has 0 aliphatic rings. The first-order valence-electron chi connectivity index (χ1n) is 7.24. The van der Waals surface area contributed by atoms with Crippen molar-refractivity contribution < 1.29 is 13.2 Å². The van der Waals surface area contributed by atoms with Crippen molar-refractivity contribution in [3.63, 3.8) is 0 Å². The zero-order valence-electron chi connectivity index (χ0n) is 13.3. The Balaban J connectivity index is 1.92. The van der Waals surface area contributed by atoms with Gasteiger partial charge in [-0.25, -0.2) is 8.42 Å². The van der Waals surface area contributed by atoms with Crippen molar-refractivity contribution in [2.45, 2.75) is 5.75 Å². The number of fused-ring (bicyclic) bond motifs is 1. The smallest absolute Gasteiger partial charge is 0.279 e. The highest BCUT2D eigenvalue weighted by molar-refractivity contribution is 7.89. The van der Waals surface area contributed by atoms with Crippen LogP contribution in [0.25, 0.3) is 10.2 Å². The molecule has 0 spiro atoms. The van der Waals surface area contributed by atoms with Crippen LogP contribution in [0.2, 0.25) is 0 Å². The van der Waals surface area contributed by atoms with Gasteiger partial charge in [0.05, 0.1) is 16.0 Å². The number of sulfone groups is 1. The predicted octanol–water partition coefficient (Wildman–Crippen LogP) is 2.53. The number of nitrogens with zero attached hydrogens (tertiary/aromatic N) is 2. The van der Waals surface area contributed by atoms with Crippen LogP contribution >= 0.6 is 11.3 Å². The molecule has 3 rings (SSSR count). The van der Waals surface area contributed by atoms with E-state index in [4.69, 9.17) is 0 Å². The summed E-state index contributed by atoms with van der Waals surface area (Å²) in [5.41, 5.74) is 2.11. The van der Waals surface area contributed by atoms with Crippen LogP contribution in [0.3, 0.4) is 0 Å². The summed E-state index contributed by atoms with van der Waals surface area (Å²) in [7, 11) is -1.21. The predicted molar refractivity (Wildman–Crippen MR) is 95.7 cm³/mol. The van der Waals surface area contributed by atoms with E-state index in [1.807, 2.05) is 35.9 Å². The SMILES string of the molecule is Cn1c(=NC(=O)c2ccc(CS(C)(=O)=O)cc2)sc2ccccc21. The summed E-state index contributed by atoms with van der Waals surface area (Å²) >= 11 is 1.45. The number of carbonyl (C=O) groups excluding carboxylic acids is 1. The van der Waals surface area contributed by atoms with E-state index in [1.165, 1.54) is 17.6 Å². The maximum absolute atomic E-state index is 12.3. The number of hydrogen-bond acceptors (Lipinski definition) is 4. The van der Waals surface area contributed by atoms with E-state index in [0.29, 0.717) is 15.9 Å². The third-order valence-corrected chi connectivity index (χ3v) is 5.51. The summed E-state index contributed by atoms with van der Waals surface area (Å²) in [6.07, 6.45) is 1.18. The summed E-state index contributed by atoms with van der Waals surface area (Å²) in [5.74, 6) is -0.382. The van der Waals surface area contributed by atoms with Crippen LogP contribution < -0.4 is 4.80 Å². The molecule has 0 unspecified atom stereocenters. The highest BCUT2D eigenvalue weighted by Gasteiger charge is 2.09. The summed E-state index contributed by atoms with van der Waals surface area (Å²) in [6.45, 7) is 0. The van der Waals surface area contributed by atoms with Crippen LogP contribution in [0.1, 0.15) is 15.9 Å². The van der Waals surface area contributed by atoms with Crippen LogP contribution in [0.4, 0.5) is 0 Å². The molecule has 1 heterocycles. The monoisotopic (exact) mass is 360 g/mol. The third-order valence-electron chi connectivity index (χ3n) is 3.54. The number of carbonyl (C=O) groups is 1. The Kier molecular flexibility index (Phi) is 4.38. The fraction of sp³-hybridized carbons (Fsp3) is 0.176. The number of rotatable bonds is 3. The first kappa shape index (κ1) is 16.6. The maximum atomic E-state index is 12.3. The molecule has 0 fully saturated rings. The molecule has 1 aromatic heterocycles. The molecule has 0 radical (unpaired) electrons. The number of aryl methyl sites for hydroxylation is 1. The normalized spacial score (nSPS) is 12.7. The number of aromatic nitrogens is 1. The fourth-order valence-corrected chi connectivity index (χ4v) is 4.20. The Morgan fingerprint density at radius 1 is 1.12 bits per heavy atom. The van der Waals surface area contributed by atoms with Gasteiger partial charge in [-0.2, -0.15) is 4.99 Å². The summed E-state index contributed by atoms with van der Waals surface area (Å²) < 4.78 is 25.5. The zero-order chi connectivity index (χ0) is 17.3. The van der Waals surface area contributed by atoms with Gasteiger partial charge < -0.3 is 4.57 Å². The molecular formula is C17H16N2O3S2. The maximum Gasteiger partial charge on any atom is 0.279 e. The molecular weight excluding hydrogens is 344 g/mol. The lowest BCUT2D eigenvalue weighted by molar-refractivity contribution is 0.0998. The van der Waals surface area contributed by atoms with Crippen LogP contribution in [0.5, 0.6) is 0 Å². The number of hydrogen-bond donors (Lipinski definition) is 0. The first-order chi connectivity index (χ1) is 11.3. The molecule has 1 amide bonds. The minimum atomic E-state index is -3.09. The Hall–Kier alpha value is -2.25. The lowest BCUT2D eigenvalue weighted by Crippen LogP contribution is -2.13. The molecule has 0 saturated heterocycles. The molecule has 0 bridgehead atoms. The van der Waals surface area contributed by atoms with Crippen LogP contribution in [-0.2, 0) is 22.6 Å². The Labute approximate surface area is 143 Å². The van der Waals surface area contributed by atoms with E-state index in [9.17, 15) is 13.2 Å². The molecule has 24 heavy (non-hydrogen) atoms. The molecule has 0 aliphatic carbocycles. The minimum absolute atomic E-state index is 0.0378. The summed E-state index contributed by atoms with van der Waals surface area (Å²) in [5, 5.41) is 0. The van der Waals surface area contributed by atoms with Crippen LogP contribution in [0, 0.1) is 0 Å². The minimum Gasteiger partial charge on any atom is -0.319 e. The van der Waals surface area contributed by atoms with E-state index < -0.39 is 9.84 Å². The van der Waals surface area contributed by atoms with Gasteiger partial charge in [0.15, 0.2) is 14.6 Å². The number of benzene rings is 2. The van der Waals surface area contributed by atoms with E-state index in [-0.39, 0.29) is 11.7 Å². The molecule has 0 aliphatic heterocycles. The first-order valence-corrected chi connectivity index (χ1v) is 10.1. The average Bonchev–Trinajstić information content (AvgIpc) is 2.83. The second kappa shape index (κ2) is 6.33. The molecule has 7 heteroatoms. The zero-order valence-corrected chi connectivity index (χ0v) is 14.9. The summed E-state index contributed by atoms with van der Waals surface area (Å²) in [4.78, 5) is 17.2. The van der Waals surface area contributed by atoms with Gasteiger partial charge in [0.2, 0.25) is 0 Å². The second-order valence-corrected chi connectivity index (χ2v) is 8.74. The number of thiazole rings is 1. The molecule has 0 saturated carbocycles. The molecule has 3 aromatic rings. The van der Waals surface area contributed by atoms with E-state index >= 15 is 0 Å². The second-order valence-electron chi connectivity index (χ2n) is 5.60. The highest BCUT2D eigenvalue weighted by Crippen LogP contribution is 2.15. The Morgan fingerprint density at radius 2 is 1.79 bits per heavy atom. The van der Waals surface area contributed by atoms with Crippen molar-refractivity contribution in [1.29, 1.82) is 0 Å². The average molecular weight is 360 g/mol. The van der Waals surface area contributed by atoms with E-state index in [1.54, 1.807) is 24.3 Å². The molecule has 0 atom stereocenters. The van der Waals surface area contributed by atoms with Gasteiger partial charge in [-0.15, -0.1) is 0 Å². The molecule has 124 valence electrons. The van der Waals surface area contributed by atoms with Crippen molar-refractivity contribution in [1.82, 2.24) is 4.57 Å². The lowest BCUT2D eigenvalue weighted by Gasteiger charge is -2.00. The van der Waals surface area contributed by atoms with Crippen molar-refractivity contribution in [3.05, 3.63) is 64.5 Å². The van der Waals surface area contributed by atoms with Gasteiger partial charge in [0, 0.05) is 18.9 Å². The van der Waals surface area contributed by atoms with E-state index in [2.05, 4.69) is 4.99 Å². The van der Waals surface area contributed by atoms with Crippen molar-refractivity contribution in [2.75, 3.05) is 6.26 Å². The Bertz CT molecular complexity index is 1070.